The summed E-state index contributed by atoms with van der Waals surface area (Å²) in [7, 11) is -3.22. The third-order valence-electron chi connectivity index (χ3n) is 3.78. The van der Waals surface area contributed by atoms with E-state index in [1.807, 2.05) is 0 Å². The van der Waals surface area contributed by atoms with Gasteiger partial charge < -0.3 is 4.74 Å². The molecule has 0 spiro atoms. The first-order chi connectivity index (χ1) is 9.18. The van der Waals surface area contributed by atoms with Gasteiger partial charge in [-0.05, 0) is 19.3 Å². The average molecular weight is 303 g/mol. The van der Waals surface area contributed by atoms with Crippen LogP contribution in [0, 0.1) is 0 Å². The van der Waals surface area contributed by atoms with Crippen LogP contribution in [0.25, 0.3) is 0 Å². The molecule has 2 aliphatic rings. The minimum atomic E-state index is -3.22. The summed E-state index contributed by atoms with van der Waals surface area (Å²) in [6, 6.07) is 0. The Labute approximate surface area is 116 Å². The van der Waals surface area contributed by atoms with E-state index >= 15 is 0 Å². The Balaban J connectivity index is 1.74. The molecule has 6 nitrogen and oxygen atoms in total. The summed E-state index contributed by atoms with van der Waals surface area (Å²) in [6.07, 6.45) is 2.49. The zero-order chi connectivity index (χ0) is 13.3. The Kier molecular flexibility index (Phi) is 3.84. The summed E-state index contributed by atoms with van der Waals surface area (Å²) in [5.41, 5.74) is 1.70. The zero-order valence-electron chi connectivity index (χ0n) is 10.6. The van der Waals surface area contributed by atoms with Crippen molar-refractivity contribution in [3.8, 4) is 0 Å². The molecule has 2 unspecified atom stereocenters. The summed E-state index contributed by atoms with van der Waals surface area (Å²) < 4.78 is 31.9. The summed E-state index contributed by atoms with van der Waals surface area (Å²) in [5.74, 6) is 0.193. The predicted molar refractivity (Wildman–Crippen MR) is 71.6 cm³/mol. The largest absolute Gasteiger partial charge is 0.380 e. The molecule has 19 heavy (non-hydrogen) atoms. The molecule has 3 heterocycles. The van der Waals surface area contributed by atoms with E-state index in [-0.39, 0.29) is 11.2 Å². The van der Waals surface area contributed by atoms with Gasteiger partial charge in [-0.2, -0.15) is 0 Å². The third-order valence-corrected chi connectivity index (χ3v) is 6.90. The van der Waals surface area contributed by atoms with E-state index in [2.05, 4.69) is 10.2 Å². The van der Waals surface area contributed by atoms with Crippen LogP contribution in [0.3, 0.4) is 0 Å². The molecule has 8 heteroatoms. The summed E-state index contributed by atoms with van der Waals surface area (Å²) in [4.78, 5) is 0. The monoisotopic (exact) mass is 303 g/mol. The van der Waals surface area contributed by atoms with Gasteiger partial charge in [-0.15, -0.1) is 21.5 Å². The van der Waals surface area contributed by atoms with E-state index in [0.717, 1.165) is 17.8 Å². The molecule has 0 aromatic carbocycles. The highest BCUT2D eigenvalue weighted by Crippen LogP contribution is 2.30. The van der Waals surface area contributed by atoms with Gasteiger partial charge in [-0.1, -0.05) is 0 Å². The molecule has 1 aromatic heterocycles. The lowest BCUT2D eigenvalue weighted by molar-refractivity contribution is 0.197. The van der Waals surface area contributed by atoms with Gasteiger partial charge in [0.05, 0.1) is 6.61 Å². The normalized spacial score (nSPS) is 29.7. The van der Waals surface area contributed by atoms with E-state index in [4.69, 9.17) is 4.74 Å². The van der Waals surface area contributed by atoms with Crippen molar-refractivity contribution in [2.45, 2.75) is 30.4 Å². The number of hydrogen-bond acceptors (Lipinski definition) is 6. The van der Waals surface area contributed by atoms with Crippen LogP contribution in [0.1, 0.15) is 30.2 Å². The third kappa shape index (κ3) is 2.67. The Morgan fingerprint density at radius 2 is 2.32 bits per heavy atom. The average Bonchev–Trinajstić information content (AvgIpc) is 3.12. The second-order valence-electron chi connectivity index (χ2n) is 5.00. The van der Waals surface area contributed by atoms with Crippen LogP contribution in [-0.4, -0.2) is 54.5 Å². The van der Waals surface area contributed by atoms with E-state index in [0.29, 0.717) is 32.7 Å². The summed E-state index contributed by atoms with van der Waals surface area (Å²) in [6.45, 7) is 2.04. The number of piperidine rings is 1. The molecule has 0 N–H and O–H groups in total. The minimum Gasteiger partial charge on any atom is -0.380 e. The Morgan fingerprint density at radius 3 is 3.00 bits per heavy atom. The van der Waals surface area contributed by atoms with Gasteiger partial charge >= 0.3 is 0 Å². The molecule has 3 rings (SSSR count). The molecule has 2 atom stereocenters. The molecular weight excluding hydrogens is 286 g/mol. The number of sulfonamides is 1. The fraction of sp³-hybridized carbons (Fsp3) is 0.818. The molecule has 2 saturated heterocycles. The second-order valence-corrected chi connectivity index (χ2v) is 8.08. The molecule has 2 aliphatic heterocycles. The van der Waals surface area contributed by atoms with Gasteiger partial charge in [0.15, 0.2) is 0 Å². The maximum Gasteiger partial charge on any atom is 0.219 e. The van der Waals surface area contributed by atoms with Crippen LogP contribution in [0.2, 0.25) is 0 Å². The SMILES string of the molecule is O=S(=O)(C1CCOC1)N1CCCC(c2nncs2)C1. The fourth-order valence-corrected chi connectivity index (χ4v) is 5.23. The van der Waals surface area contributed by atoms with Gasteiger partial charge in [0.25, 0.3) is 0 Å². The number of aromatic nitrogens is 2. The molecular formula is C11H17N3O3S2. The minimum absolute atomic E-state index is 0.193. The van der Waals surface area contributed by atoms with Crippen molar-refractivity contribution >= 4 is 21.4 Å². The van der Waals surface area contributed by atoms with Crippen molar-refractivity contribution in [1.29, 1.82) is 0 Å². The van der Waals surface area contributed by atoms with Crippen molar-refractivity contribution in [3.63, 3.8) is 0 Å². The highest BCUT2D eigenvalue weighted by Gasteiger charge is 2.38. The summed E-state index contributed by atoms with van der Waals surface area (Å²) >= 11 is 1.51. The highest BCUT2D eigenvalue weighted by atomic mass is 32.2. The molecule has 0 amide bonds. The van der Waals surface area contributed by atoms with Crippen molar-refractivity contribution in [2.24, 2.45) is 0 Å². The molecule has 0 aliphatic carbocycles. The quantitative estimate of drug-likeness (QED) is 0.827. The molecule has 106 valence electrons. The van der Waals surface area contributed by atoms with Crippen LogP contribution in [0.5, 0.6) is 0 Å². The van der Waals surface area contributed by atoms with Crippen LogP contribution < -0.4 is 0 Å². The smallest absolute Gasteiger partial charge is 0.219 e. The number of hydrogen-bond donors (Lipinski definition) is 0. The van der Waals surface area contributed by atoms with Crippen LogP contribution in [-0.2, 0) is 14.8 Å². The first-order valence-electron chi connectivity index (χ1n) is 6.50. The van der Waals surface area contributed by atoms with Crippen molar-refractivity contribution in [3.05, 3.63) is 10.5 Å². The lowest BCUT2D eigenvalue weighted by atomic mass is 10.0. The number of rotatable bonds is 3. The van der Waals surface area contributed by atoms with Gasteiger partial charge in [0.1, 0.15) is 15.8 Å². The van der Waals surface area contributed by atoms with Crippen molar-refractivity contribution < 1.29 is 13.2 Å². The molecule has 0 saturated carbocycles. The fourth-order valence-electron chi connectivity index (χ4n) is 2.69. The Bertz CT molecular complexity index is 511. The number of nitrogens with zero attached hydrogens (tertiary/aromatic N) is 3. The van der Waals surface area contributed by atoms with Crippen LogP contribution in [0.4, 0.5) is 0 Å². The van der Waals surface area contributed by atoms with Gasteiger partial charge in [-0.25, -0.2) is 12.7 Å². The molecule has 0 bridgehead atoms. The molecule has 1 aromatic rings. The maximum atomic E-state index is 12.5. The first kappa shape index (κ1) is 13.4. The first-order valence-corrected chi connectivity index (χ1v) is 8.89. The van der Waals surface area contributed by atoms with Crippen LogP contribution in [0.15, 0.2) is 5.51 Å². The zero-order valence-corrected chi connectivity index (χ0v) is 12.2. The van der Waals surface area contributed by atoms with Crippen LogP contribution >= 0.6 is 11.3 Å². The topological polar surface area (TPSA) is 72.4 Å². The van der Waals surface area contributed by atoms with Gasteiger partial charge in [0.2, 0.25) is 10.0 Å². The van der Waals surface area contributed by atoms with Gasteiger partial charge in [-0.3, -0.25) is 0 Å². The van der Waals surface area contributed by atoms with E-state index in [1.165, 1.54) is 11.3 Å². The molecule has 0 radical (unpaired) electrons. The summed E-state index contributed by atoms with van der Waals surface area (Å²) in [5, 5.41) is 8.51. The highest BCUT2D eigenvalue weighted by molar-refractivity contribution is 7.89. The lowest BCUT2D eigenvalue weighted by Gasteiger charge is -2.32. The van der Waals surface area contributed by atoms with Gasteiger partial charge in [0, 0.05) is 25.6 Å². The van der Waals surface area contributed by atoms with Crippen molar-refractivity contribution in [2.75, 3.05) is 26.3 Å². The van der Waals surface area contributed by atoms with E-state index in [1.54, 1.807) is 9.82 Å². The lowest BCUT2D eigenvalue weighted by Crippen LogP contribution is -2.44. The Hall–Kier alpha value is -0.570. The number of ether oxygens (including phenoxy) is 1. The Morgan fingerprint density at radius 1 is 1.42 bits per heavy atom. The van der Waals surface area contributed by atoms with E-state index < -0.39 is 10.0 Å². The second kappa shape index (κ2) is 5.43. The molecule has 2 fully saturated rings. The predicted octanol–water partition coefficient (Wildman–Crippen LogP) is 0.836. The van der Waals surface area contributed by atoms with E-state index in [9.17, 15) is 8.42 Å². The standard InChI is InChI=1S/C11H17N3O3S2/c15-19(16,10-3-5-17-7-10)14-4-1-2-9(6-14)11-13-12-8-18-11/h8-10H,1-7H2. The maximum absolute atomic E-state index is 12.5. The van der Waals surface area contributed by atoms with Crippen molar-refractivity contribution in [1.82, 2.24) is 14.5 Å².